The van der Waals surface area contributed by atoms with Crippen LogP contribution in [0, 0.1) is 10.1 Å². The fraction of sp³-hybridized carbons (Fsp3) is 0. The number of halogens is 1. The van der Waals surface area contributed by atoms with Crippen LogP contribution in [0.1, 0.15) is 0 Å². The normalized spacial score (nSPS) is 9.86. The molecule has 2 aromatic rings. The molecule has 8 nitrogen and oxygen atoms in total. The predicted octanol–water partition coefficient (Wildman–Crippen LogP) is 2.22. The standard InChI is InChI=1S/C13H9ClN4O4/c14-11-10(5-2-6-15-11)17-13(20)12(19)16-8-3-1-4-9(7-8)18(21)22/h1-7H,(H,16,19)(H,17,20). The second kappa shape index (κ2) is 6.64. The Morgan fingerprint density at radius 2 is 1.86 bits per heavy atom. The van der Waals surface area contributed by atoms with E-state index in [1.54, 1.807) is 6.07 Å². The van der Waals surface area contributed by atoms with E-state index < -0.39 is 16.7 Å². The van der Waals surface area contributed by atoms with E-state index in [2.05, 4.69) is 15.6 Å². The van der Waals surface area contributed by atoms with E-state index in [0.29, 0.717) is 0 Å². The fourth-order valence-corrected chi connectivity index (χ4v) is 1.71. The van der Waals surface area contributed by atoms with E-state index in [1.807, 2.05) is 0 Å². The van der Waals surface area contributed by atoms with Gasteiger partial charge in [0.15, 0.2) is 5.15 Å². The number of carbonyl (C=O) groups excluding carboxylic acids is 2. The second-order valence-corrected chi connectivity index (χ2v) is 4.42. The number of hydrogen-bond donors (Lipinski definition) is 2. The molecule has 0 atom stereocenters. The van der Waals surface area contributed by atoms with Crippen molar-refractivity contribution in [3.05, 3.63) is 57.9 Å². The Balaban J connectivity index is 2.06. The number of non-ortho nitro benzene ring substituents is 1. The van der Waals surface area contributed by atoms with Crippen LogP contribution in [0.15, 0.2) is 42.6 Å². The molecule has 2 rings (SSSR count). The molecule has 2 N–H and O–H groups in total. The van der Waals surface area contributed by atoms with Crippen molar-refractivity contribution in [3.63, 3.8) is 0 Å². The lowest BCUT2D eigenvalue weighted by Crippen LogP contribution is -2.29. The van der Waals surface area contributed by atoms with Crippen LogP contribution in [0.25, 0.3) is 0 Å². The third-order valence-corrected chi connectivity index (χ3v) is 2.83. The number of carbonyl (C=O) groups is 2. The van der Waals surface area contributed by atoms with Crippen LogP contribution >= 0.6 is 11.6 Å². The second-order valence-electron chi connectivity index (χ2n) is 4.06. The van der Waals surface area contributed by atoms with Gasteiger partial charge in [0.1, 0.15) is 0 Å². The van der Waals surface area contributed by atoms with E-state index in [-0.39, 0.29) is 22.2 Å². The molecule has 0 aliphatic carbocycles. The van der Waals surface area contributed by atoms with E-state index in [0.717, 1.165) is 6.07 Å². The highest BCUT2D eigenvalue weighted by atomic mass is 35.5. The van der Waals surface area contributed by atoms with Crippen LogP contribution in [-0.2, 0) is 9.59 Å². The number of rotatable bonds is 3. The molecule has 0 fully saturated rings. The number of hydrogen-bond acceptors (Lipinski definition) is 5. The van der Waals surface area contributed by atoms with Gasteiger partial charge in [0.2, 0.25) is 0 Å². The number of nitro groups is 1. The predicted molar refractivity (Wildman–Crippen MR) is 79.6 cm³/mol. The summed E-state index contributed by atoms with van der Waals surface area (Å²) >= 11 is 5.76. The molecule has 0 bridgehead atoms. The first-order valence-electron chi connectivity index (χ1n) is 5.94. The van der Waals surface area contributed by atoms with Crippen LogP contribution in [-0.4, -0.2) is 21.7 Å². The van der Waals surface area contributed by atoms with Gasteiger partial charge in [-0.1, -0.05) is 17.7 Å². The Morgan fingerprint density at radius 1 is 1.14 bits per heavy atom. The quantitative estimate of drug-likeness (QED) is 0.389. The van der Waals surface area contributed by atoms with Gasteiger partial charge in [-0.25, -0.2) is 4.98 Å². The van der Waals surface area contributed by atoms with Crippen molar-refractivity contribution in [2.45, 2.75) is 0 Å². The fourth-order valence-electron chi connectivity index (χ4n) is 1.54. The molecule has 112 valence electrons. The molecule has 0 saturated heterocycles. The lowest BCUT2D eigenvalue weighted by atomic mass is 10.3. The zero-order chi connectivity index (χ0) is 16.1. The average molecular weight is 321 g/mol. The number of nitrogens with one attached hydrogen (secondary N) is 2. The number of pyridine rings is 1. The summed E-state index contributed by atoms with van der Waals surface area (Å²) in [5, 5.41) is 15.2. The number of aromatic nitrogens is 1. The lowest BCUT2D eigenvalue weighted by molar-refractivity contribution is -0.384. The number of benzene rings is 1. The van der Waals surface area contributed by atoms with Crippen LogP contribution in [0.2, 0.25) is 5.15 Å². The third-order valence-electron chi connectivity index (χ3n) is 2.53. The highest BCUT2D eigenvalue weighted by molar-refractivity contribution is 6.44. The van der Waals surface area contributed by atoms with Gasteiger partial charge in [0.25, 0.3) is 5.69 Å². The monoisotopic (exact) mass is 320 g/mol. The summed E-state index contributed by atoms with van der Waals surface area (Å²) < 4.78 is 0. The van der Waals surface area contributed by atoms with Crippen LogP contribution in [0.5, 0.6) is 0 Å². The molecule has 1 aromatic heterocycles. The highest BCUT2D eigenvalue weighted by Gasteiger charge is 2.16. The number of nitro benzene ring substituents is 1. The molecule has 0 radical (unpaired) electrons. The van der Waals surface area contributed by atoms with Crippen molar-refractivity contribution in [2.24, 2.45) is 0 Å². The van der Waals surface area contributed by atoms with Crippen molar-refractivity contribution < 1.29 is 14.5 Å². The van der Waals surface area contributed by atoms with Gasteiger partial charge >= 0.3 is 11.8 Å². The van der Waals surface area contributed by atoms with Crippen LogP contribution < -0.4 is 10.6 Å². The topological polar surface area (TPSA) is 114 Å². The van der Waals surface area contributed by atoms with Crippen molar-refractivity contribution in [1.29, 1.82) is 0 Å². The van der Waals surface area contributed by atoms with Crippen LogP contribution in [0.3, 0.4) is 0 Å². The number of amides is 2. The Labute approximate surface area is 129 Å². The summed E-state index contributed by atoms with van der Waals surface area (Å²) in [5.74, 6) is -1.96. The first kappa shape index (κ1) is 15.4. The molecule has 0 aliphatic heterocycles. The molecular formula is C13H9ClN4O4. The summed E-state index contributed by atoms with van der Waals surface area (Å²) in [6.45, 7) is 0. The molecule has 0 spiro atoms. The average Bonchev–Trinajstić information content (AvgIpc) is 2.49. The molecule has 2 amide bonds. The van der Waals surface area contributed by atoms with Crippen molar-refractivity contribution >= 4 is 40.5 Å². The maximum atomic E-state index is 11.8. The zero-order valence-electron chi connectivity index (χ0n) is 10.9. The number of anilines is 2. The Morgan fingerprint density at radius 3 is 2.55 bits per heavy atom. The molecule has 0 saturated carbocycles. The van der Waals surface area contributed by atoms with Gasteiger partial charge in [-0.05, 0) is 18.2 Å². The van der Waals surface area contributed by atoms with Crippen LogP contribution in [0.4, 0.5) is 17.1 Å². The van der Waals surface area contributed by atoms with Gasteiger partial charge in [0, 0.05) is 24.0 Å². The molecular weight excluding hydrogens is 312 g/mol. The minimum Gasteiger partial charge on any atom is -0.318 e. The molecule has 22 heavy (non-hydrogen) atoms. The maximum absolute atomic E-state index is 11.8. The van der Waals surface area contributed by atoms with E-state index in [4.69, 9.17) is 11.6 Å². The molecule has 0 aliphatic rings. The maximum Gasteiger partial charge on any atom is 0.314 e. The summed E-state index contributed by atoms with van der Waals surface area (Å²) in [4.78, 5) is 37.3. The summed E-state index contributed by atoms with van der Waals surface area (Å²) in [6, 6.07) is 8.25. The van der Waals surface area contributed by atoms with Gasteiger partial charge < -0.3 is 10.6 Å². The Kier molecular flexibility index (Phi) is 4.64. The smallest absolute Gasteiger partial charge is 0.314 e. The molecule has 0 unspecified atom stereocenters. The van der Waals surface area contributed by atoms with Crippen molar-refractivity contribution in [1.82, 2.24) is 4.98 Å². The highest BCUT2D eigenvalue weighted by Crippen LogP contribution is 2.18. The first-order valence-corrected chi connectivity index (χ1v) is 6.32. The number of nitrogens with zero attached hydrogens (tertiary/aromatic N) is 2. The SMILES string of the molecule is O=C(Nc1cccc([N+](=O)[O-])c1)C(=O)Nc1cccnc1Cl. The third kappa shape index (κ3) is 3.76. The molecule has 1 aromatic carbocycles. The van der Waals surface area contributed by atoms with E-state index in [9.17, 15) is 19.7 Å². The van der Waals surface area contributed by atoms with Gasteiger partial charge in [-0.3, -0.25) is 19.7 Å². The van der Waals surface area contributed by atoms with E-state index in [1.165, 1.54) is 30.5 Å². The first-order chi connectivity index (χ1) is 10.5. The molecule has 1 heterocycles. The minimum atomic E-state index is -0.986. The zero-order valence-corrected chi connectivity index (χ0v) is 11.7. The van der Waals surface area contributed by atoms with Gasteiger partial charge in [-0.15, -0.1) is 0 Å². The van der Waals surface area contributed by atoms with Crippen molar-refractivity contribution in [3.8, 4) is 0 Å². The largest absolute Gasteiger partial charge is 0.318 e. The lowest BCUT2D eigenvalue weighted by Gasteiger charge is -2.07. The van der Waals surface area contributed by atoms with Gasteiger partial charge in [-0.2, -0.15) is 0 Å². The summed E-state index contributed by atoms with van der Waals surface area (Å²) in [5.41, 5.74) is 0.114. The summed E-state index contributed by atoms with van der Waals surface area (Å²) in [7, 11) is 0. The van der Waals surface area contributed by atoms with Gasteiger partial charge in [0.05, 0.1) is 10.6 Å². The summed E-state index contributed by atoms with van der Waals surface area (Å²) in [6.07, 6.45) is 1.43. The molecule has 9 heteroatoms. The Hall–Kier alpha value is -3.00. The Bertz CT molecular complexity index is 750. The van der Waals surface area contributed by atoms with Crippen molar-refractivity contribution in [2.75, 3.05) is 10.6 Å². The minimum absolute atomic E-state index is 0.0407. The van der Waals surface area contributed by atoms with E-state index >= 15 is 0 Å².